The fourth-order valence-electron chi connectivity index (χ4n) is 1.15. The van der Waals surface area contributed by atoms with Gasteiger partial charge in [-0.05, 0) is 30.5 Å². The third-order valence-corrected chi connectivity index (χ3v) is 1.89. The van der Waals surface area contributed by atoms with Crippen LogP contribution in [0.25, 0.3) is 0 Å². The van der Waals surface area contributed by atoms with E-state index in [2.05, 4.69) is 13.8 Å². The van der Waals surface area contributed by atoms with E-state index in [1.54, 1.807) is 7.11 Å². The van der Waals surface area contributed by atoms with Crippen LogP contribution in [0.1, 0.15) is 19.4 Å². The smallest absolute Gasteiger partial charge is 0.161 e. The highest BCUT2D eigenvalue weighted by Crippen LogP contribution is 2.27. The zero-order valence-corrected chi connectivity index (χ0v) is 9.33. The summed E-state index contributed by atoms with van der Waals surface area (Å²) in [5.41, 5.74) is 1.18. The van der Waals surface area contributed by atoms with Crippen molar-refractivity contribution in [3.63, 3.8) is 0 Å². The number of rotatable bonds is 4. The van der Waals surface area contributed by atoms with E-state index in [1.807, 2.05) is 25.1 Å². The van der Waals surface area contributed by atoms with Gasteiger partial charge in [0.25, 0.3) is 0 Å². The molecule has 0 saturated heterocycles. The van der Waals surface area contributed by atoms with Crippen molar-refractivity contribution < 1.29 is 9.47 Å². The minimum atomic E-state index is 0.528. The molecule has 0 atom stereocenters. The Morgan fingerprint density at radius 2 is 1.93 bits per heavy atom. The molecule has 0 saturated carbocycles. The van der Waals surface area contributed by atoms with Gasteiger partial charge in [-0.2, -0.15) is 0 Å². The molecule has 0 N–H and O–H groups in total. The molecule has 0 aliphatic carbocycles. The summed E-state index contributed by atoms with van der Waals surface area (Å²) < 4.78 is 10.9. The summed E-state index contributed by atoms with van der Waals surface area (Å²) in [6, 6.07) is 5.95. The highest BCUT2D eigenvalue weighted by molar-refractivity contribution is 5.42. The lowest BCUT2D eigenvalue weighted by atomic mass is 10.2. The lowest BCUT2D eigenvalue weighted by molar-refractivity contribution is 0.256. The molecule has 0 aliphatic heterocycles. The van der Waals surface area contributed by atoms with Crippen molar-refractivity contribution in [2.24, 2.45) is 5.92 Å². The highest BCUT2D eigenvalue weighted by Gasteiger charge is 2.04. The fraction of sp³-hybridized carbons (Fsp3) is 0.500. The first kappa shape index (κ1) is 10.9. The van der Waals surface area contributed by atoms with Gasteiger partial charge in [0.15, 0.2) is 11.5 Å². The molecule has 78 valence electrons. The Balaban J connectivity index is 2.77. The number of hydrogen-bond donors (Lipinski definition) is 0. The average molecular weight is 194 g/mol. The van der Waals surface area contributed by atoms with E-state index in [-0.39, 0.29) is 0 Å². The maximum Gasteiger partial charge on any atom is 0.161 e. The number of aryl methyl sites for hydroxylation is 1. The zero-order chi connectivity index (χ0) is 10.6. The van der Waals surface area contributed by atoms with E-state index in [1.165, 1.54) is 5.56 Å². The normalized spacial score (nSPS) is 10.4. The third kappa shape index (κ3) is 2.95. The second kappa shape index (κ2) is 4.89. The van der Waals surface area contributed by atoms with E-state index in [0.29, 0.717) is 5.92 Å². The SMILES string of the molecule is COc1ccc(C)cc1OCC(C)C. The van der Waals surface area contributed by atoms with Gasteiger partial charge in [-0.15, -0.1) is 0 Å². The van der Waals surface area contributed by atoms with E-state index in [9.17, 15) is 0 Å². The average Bonchev–Trinajstić information content (AvgIpc) is 2.15. The Morgan fingerprint density at radius 3 is 2.50 bits per heavy atom. The molecular formula is C12H18O2. The Bertz CT molecular complexity index is 292. The first-order valence-corrected chi connectivity index (χ1v) is 4.91. The predicted octanol–water partition coefficient (Wildman–Crippen LogP) is 3.04. The van der Waals surface area contributed by atoms with Crippen LogP contribution in [-0.2, 0) is 0 Å². The van der Waals surface area contributed by atoms with Crippen molar-refractivity contribution in [2.75, 3.05) is 13.7 Å². The largest absolute Gasteiger partial charge is 0.493 e. The second-order valence-electron chi connectivity index (χ2n) is 3.86. The second-order valence-corrected chi connectivity index (χ2v) is 3.86. The molecule has 0 aliphatic rings. The van der Waals surface area contributed by atoms with Gasteiger partial charge in [-0.3, -0.25) is 0 Å². The molecule has 0 aromatic heterocycles. The molecule has 2 nitrogen and oxygen atoms in total. The molecule has 0 unspecified atom stereocenters. The maximum absolute atomic E-state index is 5.65. The molecule has 14 heavy (non-hydrogen) atoms. The first-order chi connectivity index (χ1) is 6.63. The lowest BCUT2D eigenvalue weighted by Gasteiger charge is -2.12. The van der Waals surface area contributed by atoms with Crippen LogP contribution in [0.5, 0.6) is 11.5 Å². The molecule has 1 rings (SSSR count). The van der Waals surface area contributed by atoms with Crippen LogP contribution < -0.4 is 9.47 Å². The Labute approximate surface area is 85.8 Å². The molecular weight excluding hydrogens is 176 g/mol. The van der Waals surface area contributed by atoms with Crippen LogP contribution >= 0.6 is 0 Å². The molecule has 1 aromatic carbocycles. The summed E-state index contributed by atoms with van der Waals surface area (Å²) in [7, 11) is 1.66. The van der Waals surface area contributed by atoms with Gasteiger partial charge in [0.1, 0.15) is 0 Å². The monoisotopic (exact) mass is 194 g/mol. The van der Waals surface area contributed by atoms with Gasteiger partial charge in [-0.25, -0.2) is 0 Å². The van der Waals surface area contributed by atoms with Crippen LogP contribution in [0, 0.1) is 12.8 Å². The number of ether oxygens (including phenoxy) is 2. The summed E-state index contributed by atoms with van der Waals surface area (Å²) in [5.74, 6) is 2.16. The van der Waals surface area contributed by atoms with Gasteiger partial charge in [0, 0.05) is 0 Å². The van der Waals surface area contributed by atoms with Gasteiger partial charge in [0.2, 0.25) is 0 Å². The maximum atomic E-state index is 5.65. The minimum Gasteiger partial charge on any atom is -0.493 e. The molecule has 0 bridgehead atoms. The predicted molar refractivity (Wildman–Crippen MR) is 58.1 cm³/mol. The van der Waals surface area contributed by atoms with Crippen LogP contribution in [0.3, 0.4) is 0 Å². The van der Waals surface area contributed by atoms with Crippen LogP contribution in [0.15, 0.2) is 18.2 Å². The Hall–Kier alpha value is -1.18. The quantitative estimate of drug-likeness (QED) is 0.733. The van der Waals surface area contributed by atoms with Crippen molar-refractivity contribution in [3.05, 3.63) is 23.8 Å². The Morgan fingerprint density at radius 1 is 1.21 bits per heavy atom. The summed E-state index contributed by atoms with van der Waals surface area (Å²) in [6.07, 6.45) is 0. The van der Waals surface area contributed by atoms with Crippen molar-refractivity contribution in [3.8, 4) is 11.5 Å². The summed E-state index contributed by atoms with van der Waals surface area (Å²) >= 11 is 0. The standard InChI is InChI=1S/C12H18O2/c1-9(2)8-14-12-7-10(3)5-6-11(12)13-4/h5-7,9H,8H2,1-4H3. The molecule has 0 fully saturated rings. The molecule has 0 heterocycles. The Kier molecular flexibility index (Phi) is 3.81. The number of hydrogen-bond acceptors (Lipinski definition) is 2. The van der Waals surface area contributed by atoms with Gasteiger partial charge >= 0.3 is 0 Å². The van der Waals surface area contributed by atoms with E-state index in [4.69, 9.17) is 9.47 Å². The molecule has 2 heteroatoms. The van der Waals surface area contributed by atoms with Crippen molar-refractivity contribution in [1.82, 2.24) is 0 Å². The number of methoxy groups -OCH3 is 1. The molecule has 0 spiro atoms. The molecule has 0 radical (unpaired) electrons. The lowest BCUT2D eigenvalue weighted by Crippen LogP contribution is -2.05. The third-order valence-electron chi connectivity index (χ3n) is 1.89. The van der Waals surface area contributed by atoms with Gasteiger partial charge in [0.05, 0.1) is 13.7 Å². The molecule has 0 amide bonds. The van der Waals surface area contributed by atoms with Crippen LogP contribution in [0.4, 0.5) is 0 Å². The zero-order valence-electron chi connectivity index (χ0n) is 9.33. The number of benzene rings is 1. The van der Waals surface area contributed by atoms with Gasteiger partial charge in [-0.1, -0.05) is 19.9 Å². The van der Waals surface area contributed by atoms with Gasteiger partial charge < -0.3 is 9.47 Å². The first-order valence-electron chi connectivity index (χ1n) is 4.91. The van der Waals surface area contributed by atoms with E-state index >= 15 is 0 Å². The van der Waals surface area contributed by atoms with Crippen molar-refractivity contribution in [2.45, 2.75) is 20.8 Å². The fourth-order valence-corrected chi connectivity index (χ4v) is 1.15. The molecule has 1 aromatic rings. The van der Waals surface area contributed by atoms with E-state index < -0.39 is 0 Å². The highest BCUT2D eigenvalue weighted by atomic mass is 16.5. The van der Waals surface area contributed by atoms with Crippen LogP contribution in [0.2, 0.25) is 0 Å². The van der Waals surface area contributed by atoms with Crippen LogP contribution in [-0.4, -0.2) is 13.7 Å². The topological polar surface area (TPSA) is 18.5 Å². The minimum absolute atomic E-state index is 0.528. The van der Waals surface area contributed by atoms with Crippen molar-refractivity contribution >= 4 is 0 Å². The summed E-state index contributed by atoms with van der Waals surface area (Å²) in [4.78, 5) is 0. The summed E-state index contributed by atoms with van der Waals surface area (Å²) in [6.45, 7) is 7.02. The van der Waals surface area contributed by atoms with Crippen molar-refractivity contribution in [1.29, 1.82) is 0 Å². The summed E-state index contributed by atoms with van der Waals surface area (Å²) in [5, 5.41) is 0. The van der Waals surface area contributed by atoms with E-state index in [0.717, 1.165) is 18.1 Å².